The lowest BCUT2D eigenvalue weighted by Crippen LogP contribution is -2.32. The fourth-order valence-corrected chi connectivity index (χ4v) is 2.66. The minimum absolute atomic E-state index is 0.0369. The van der Waals surface area contributed by atoms with Crippen LogP contribution in [0.3, 0.4) is 0 Å². The maximum absolute atomic E-state index is 11.6. The van der Waals surface area contributed by atoms with Crippen molar-refractivity contribution in [2.45, 2.75) is 29.9 Å². The van der Waals surface area contributed by atoms with Gasteiger partial charge < -0.3 is 14.5 Å². The summed E-state index contributed by atoms with van der Waals surface area (Å²) in [4.78, 5) is 11.6. The maximum Gasteiger partial charge on any atom is 0.277 e. The van der Waals surface area contributed by atoms with E-state index in [9.17, 15) is 4.79 Å². The zero-order valence-corrected chi connectivity index (χ0v) is 12.4. The minimum Gasteiger partial charge on any atom is -0.415 e. The number of hydrogen-bond acceptors (Lipinski definition) is 7. The predicted molar refractivity (Wildman–Crippen MR) is 74.2 cm³/mol. The largest absolute Gasteiger partial charge is 0.415 e. The molecule has 1 saturated heterocycles. The molecule has 0 saturated carbocycles. The molecule has 19 heavy (non-hydrogen) atoms. The van der Waals surface area contributed by atoms with E-state index >= 15 is 0 Å². The van der Waals surface area contributed by atoms with Gasteiger partial charge in [-0.1, -0.05) is 11.8 Å². The van der Waals surface area contributed by atoms with Crippen LogP contribution in [0.15, 0.2) is 9.64 Å². The standard InChI is InChI=1S/C11H17N3O3S2/c1-18-7-10-13-14-11(17-10)19-6-9(15)12-5-8-3-2-4-16-8/h8H,2-7H2,1H3,(H,12,15). The highest BCUT2D eigenvalue weighted by Gasteiger charge is 2.16. The average Bonchev–Trinajstić information content (AvgIpc) is 3.05. The Balaban J connectivity index is 1.64. The van der Waals surface area contributed by atoms with Crippen molar-refractivity contribution >= 4 is 29.4 Å². The summed E-state index contributed by atoms with van der Waals surface area (Å²) in [6, 6.07) is 0. The zero-order chi connectivity index (χ0) is 13.5. The van der Waals surface area contributed by atoms with Gasteiger partial charge in [0.1, 0.15) is 0 Å². The van der Waals surface area contributed by atoms with E-state index in [1.807, 2.05) is 6.26 Å². The second-order valence-electron chi connectivity index (χ2n) is 4.12. The van der Waals surface area contributed by atoms with Crippen molar-refractivity contribution in [3.8, 4) is 0 Å². The molecule has 2 rings (SSSR count). The lowest BCUT2D eigenvalue weighted by Gasteiger charge is -2.09. The highest BCUT2D eigenvalue weighted by Crippen LogP contribution is 2.17. The van der Waals surface area contributed by atoms with Gasteiger partial charge in [0.15, 0.2) is 0 Å². The normalized spacial score (nSPS) is 18.7. The van der Waals surface area contributed by atoms with Crippen molar-refractivity contribution < 1.29 is 13.9 Å². The van der Waals surface area contributed by atoms with Crippen molar-refractivity contribution in [3.63, 3.8) is 0 Å². The number of nitrogens with one attached hydrogen (secondary N) is 1. The SMILES string of the molecule is CSCc1nnc(SCC(=O)NCC2CCCO2)o1. The van der Waals surface area contributed by atoms with Crippen molar-refractivity contribution in [1.29, 1.82) is 0 Å². The van der Waals surface area contributed by atoms with Crippen LogP contribution in [0.1, 0.15) is 18.7 Å². The third-order valence-corrected chi connectivity index (χ3v) is 3.95. The third kappa shape index (κ3) is 5.04. The molecule has 8 heteroatoms. The summed E-state index contributed by atoms with van der Waals surface area (Å²) in [5.41, 5.74) is 0. The molecule has 1 aromatic heterocycles. The Hall–Kier alpha value is -0.730. The molecule has 1 fully saturated rings. The number of amides is 1. The third-order valence-electron chi connectivity index (χ3n) is 2.59. The molecule has 106 valence electrons. The van der Waals surface area contributed by atoms with Gasteiger partial charge >= 0.3 is 0 Å². The minimum atomic E-state index is -0.0369. The summed E-state index contributed by atoms with van der Waals surface area (Å²) >= 11 is 2.87. The molecule has 1 aliphatic rings. The van der Waals surface area contributed by atoms with Gasteiger partial charge in [-0.15, -0.1) is 10.2 Å². The first-order valence-corrected chi connectivity index (χ1v) is 8.48. The van der Waals surface area contributed by atoms with Crippen LogP contribution < -0.4 is 5.32 Å². The van der Waals surface area contributed by atoms with Crippen LogP contribution >= 0.6 is 23.5 Å². The summed E-state index contributed by atoms with van der Waals surface area (Å²) in [5, 5.41) is 11.0. The second kappa shape index (κ2) is 7.76. The Labute approximate surface area is 120 Å². The van der Waals surface area contributed by atoms with Gasteiger partial charge in [-0.2, -0.15) is 11.8 Å². The summed E-state index contributed by atoms with van der Waals surface area (Å²) in [7, 11) is 0. The van der Waals surface area contributed by atoms with Crippen molar-refractivity contribution in [1.82, 2.24) is 15.5 Å². The number of carbonyl (C=O) groups is 1. The van der Waals surface area contributed by atoms with Crippen LogP contribution in [0, 0.1) is 0 Å². The highest BCUT2D eigenvalue weighted by atomic mass is 32.2. The van der Waals surface area contributed by atoms with E-state index in [4.69, 9.17) is 9.15 Å². The van der Waals surface area contributed by atoms with Crippen molar-refractivity contribution in [2.75, 3.05) is 25.2 Å². The molecule has 1 N–H and O–H groups in total. The number of carbonyl (C=O) groups excluding carboxylic acids is 1. The fraction of sp³-hybridized carbons (Fsp3) is 0.727. The smallest absolute Gasteiger partial charge is 0.277 e. The Morgan fingerprint density at radius 3 is 3.16 bits per heavy atom. The Morgan fingerprint density at radius 1 is 1.53 bits per heavy atom. The molecular formula is C11H17N3O3S2. The molecule has 1 aromatic rings. The molecule has 0 aromatic carbocycles. The van der Waals surface area contributed by atoms with Crippen molar-refractivity contribution in [3.05, 3.63) is 5.89 Å². The molecule has 0 aliphatic carbocycles. The molecular weight excluding hydrogens is 286 g/mol. The molecule has 1 amide bonds. The molecule has 0 spiro atoms. The van der Waals surface area contributed by atoms with Gasteiger partial charge in [0.2, 0.25) is 11.8 Å². The molecule has 0 bridgehead atoms. The van der Waals surface area contributed by atoms with E-state index in [1.165, 1.54) is 11.8 Å². The Morgan fingerprint density at radius 2 is 2.42 bits per heavy atom. The number of ether oxygens (including phenoxy) is 1. The van der Waals surface area contributed by atoms with Crippen LogP contribution in [0.4, 0.5) is 0 Å². The van der Waals surface area contributed by atoms with Crippen molar-refractivity contribution in [2.24, 2.45) is 0 Å². The van der Waals surface area contributed by atoms with Gasteiger partial charge in [-0.25, -0.2) is 0 Å². The second-order valence-corrected chi connectivity index (χ2v) is 5.92. The molecule has 2 heterocycles. The molecule has 0 radical (unpaired) electrons. The van der Waals surface area contributed by atoms with E-state index in [0.717, 1.165) is 19.4 Å². The Kier molecular flexibility index (Phi) is 5.99. The van der Waals surface area contributed by atoms with Crippen LogP contribution in [-0.4, -0.2) is 47.4 Å². The van der Waals surface area contributed by atoms with E-state index < -0.39 is 0 Å². The fourth-order valence-electron chi connectivity index (χ4n) is 1.69. The number of nitrogens with zero attached hydrogens (tertiary/aromatic N) is 2. The average molecular weight is 303 g/mol. The Bertz CT molecular complexity index is 408. The van der Waals surface area contributed by atoms with E-state index in [-0.39, 0.29) is 17.8 Å². The van der Waals surface area contributed by atoms with Crippen LogP contribution in [-0.2, 0) is 15.3 Å². The van der Waals surface area contributed by atoms with Gasteiger partial charge in [-0.05, 0) is 19.1 Å². The van der Waals surface area contributed by atoms with Gasteiger partial charge in [-0.3, -0.25) is 4.79 Å². The quantitative estimate of drug-likeness (QED) is 0.761. The number of aromatic nitrogens is 2. The van der Waals surface area contributed by atoms with Gasteiger partial charge in [0.25, 0.3) is 5.22 Å². The molecule has 1 aliphatic heterocycles. The number of thioether (sulfide) groups is 2. The van der Waals surface area contributed by atoms with E-state index in [1.54, 1.807) is 11.8 Å². The first kappa shape index (κ1) is 14.7. The molecule has 6 nitrogen and oxygen atoms in total. The number of hydrogen-bond donors (Lipinski definition) is 1. The topological polar surface area (TPSA) is 77.2 Å². The summed E-state index contributed by atoms with van der Waals surface area (Å²) in [5.74, 6) is 1.53. The summed E-state index contributed by atoms with van der Waals surface area (Å²) < 4.78 is 10.8. The first-order valence-electron chi connectivity index (χ1n) is 6.10. The van der Waals surface area contributed by atoms with E-state index in [0.29, 0.717) is 23.4 Å². The van der Waals surface area contributed by atoms with Crippen LogP contribution in [0.5, 0.6) is 0 Å². The first-order chi connectivity index (χ1) is 9.28. The monoisotopic (exact) mass is 303 g/mol. The van der Waals surface area contributed by atoms with Crippen LogP contribution in [0.25, 0.3) is 0 Å². The van der Waals surface area contributed by atoms with Gasteiger partial charge in [0, 0.05) is 13.2 Å². The lowest BCUT2D eigenvalue weighted by atomic mass is 10.2. The molecule has 1 unspecified atom stereocenters. The maximum atomic E-state index is 11.6. The lowest BCUT2D eigenvalue weighted by molar-refractivity contribution is -0.119. The van der Waals surface area contributed by atoms with Gasteiger partial charge in [0.05, 0.1) is 17.6 Å². The predicted octanol–water partition coefficient (Wildman–Crippen LogP) is 1.32. The highest BCUT2D eigenvalue weighted by molar-refractivity contribution is 7.99. The zero-order valence-electron chi connectivity index (χ0n) is 10.8. The van der Waals surface area contributed by atoms with E-state index in [2.05, 4.69) is 15.5 Å². The number of rotatable bonds is 7. The van der Waals surface area contributed by atoms with Crippen LogP contribution in [0.2, 0.25) is 0 Å². The molecule has 1 atom stereocenters. The summed E-state index contributed by atoms with van der Waals surface area (Å²) in [6.07, 6.45) is 4.24. The summed E-state index contributed by atoms with van der Waals surface area (Å²) in [6.45, 7) is 1.39.